The van der Waals surface area contributed by atoms with Gasteiger partial charge in [-0.15, -0.1) is 0 Å². The second kappa shape index (κ2) is 7.07. The molecular weight excluding hydrogens is 226 g/mol. The molecule has 0 heterocycles. The molecule has 0 radical (unpaired) electrons. The number of rotatable bonds is 7. The highest BCUT2D eigenvalue weighted by atomic mass is 16.7. The number of ether oxygens (including phenoxy) is 2. The number of hydrogen-bond acceptors (Lipinski definition) is 3. The molecule has 0 fully saturated rings. The summed E-state index contributed by atoms with van der Waals surface area (Å²) in [6.45, 7) is 8.47. The van der Waals surface area contributed by atoms with Crippen LogP contribution in [0.15, 0.2) is 36.5 Å². The highest BCUT2D eigenvalue weighted by Gasteiger charge is 2.09. The number of methoxy groups -OCH3 is 1. The summed E-state index contributed by atoms with van der Waals surface area (Å²) in [4.78, 5) is 2.19. The van der Waals surface area contributed by atoms with Crippen molar-refractivity contribution in [2.24, 2.45) is 0 Å². The summed E-state index contributed by atoms with van der Waals surface area (Å²) in [5.41, 5.74) is 2.38. The molecule has 1 atom stereocenters. The maximum absolute atomic E-state index is 5.35. The lowest BCUT2D eigenvalue weighted by atomic mass is 10.1. The van der Waals surface area contributed by atoms with Gasteiger partial charge in [0.1, 0.15) is 5.75 Å². The van der Waals surface area contributed by atoms with Gasteiger partial charge in [0.15, 0.2) is 6.79 Å². The second-order valence-corrected chi connectivity index (χ2v) is 4.59. The fourth-order valence-electron chi connectivity index (χ4n) is 1.70. The van der Waals surface area contributed by atoms with Crippen molar-refractivity contribution >= 4 is 0 Å². The van der Waals surface area contributed by atoms with Gasteiger partial charge >= 0.3 is 0 Å². The van der Waals surface area contributed by atoms with Gasteiger partial charge in [-0.1, -0.05) is 18.7 Å². The SMILES string of the molecule is C=C(C)N(C)C(C)Cc1ccc(OCOC)cc1. The summed E-state index contributed by atoms with van der Waals surface area (Å²) >= 11 is 0. The number of nitrogens with zero attached hydrogens (tertiary/aromatic N) is 1. The van der Waals surface area contributed by atoms with Crippen LogP contribution in [0.1, 0.15) is 19.4 Å². The molecule has 0 saturated carbocycles. The summed E-state index contributed by atoms with van der Waals surface area (Å²) in [6, 6.07) is 8.57. The van der Waals surface area contributed by atoms with Crippen molar-refractivity contribution < 1.29 is 9.47 Å². The van der Waals surface area contributed by atoms with E-state index in [1.54, 1.807) is 7.11 Å². The lowest BCUT2D eigenvalue weighted by Gasteiger charge is -2.27. The lowest BCUT2D eigenvalue weighted by molar-refractivity contribution is 0.0511. The minimum absolute atomic E-state index is 0.286. The average Bonchev–Trinajstić information content (AvgIpc) is 2.36. The van der Waals surface area contributed by atoms with Crippen LogP contribution in [0.4, 0.5) is 0 Å². The van der Waals surface area contributed by atoms with E-state index in [1.807, 2.05) is 19.1 Å². The number of allylic oxidation sites excluding steroid dienone is 1. The minimum atomic E-state index is 0.286. The molecule has 0 saturated heterocycles. The smallest absolute Gasteiger partial charge is 0.188 e. The first-order valence-corrected chi connectivity index (χ1v) is 6.13. The maximum Gasteiger partial charge on any atom is 0.188 e. The van der Waals surface area contributed by atoms with Crippen LogP contribution in [0.2, 0.25) is 0 Å². The molecule has 0 bridgehead atoms. The molecule has 3 heteroatoms. The Bertz CT molecular complexity index is 373. The predicted molar refractivity (Wildman–Crippen MR) is 74.7 cm³/mol. The van der Waals surface area contributed by atoms with Gasteiger partial charge in [0.25, 0.3) is 0 Å². The number of hydrogen-bond donors (Lipinski definition) is 0. The molecule has 0 amide bonds. The van der Waals surface area contributed by atoms with Gasteiger partial charge in [-0.25, -0.2) is 0 Å². The zero-order valence-corrected chi connectivity index (χ0v) is 11.8. The Balaban J connectivity index is 2.55. The third kappa shape index (κ3) is 4.41. The van der Waals surface area contributed by atoms with Crippen LogP contribution < -0.4 is 4.74 Å². The molecule has 1 unspecified atom stereocenters. The molecule has 100 valence electrons. The summed E-state index contributed by atoms with van der Waals surface area (Å²) in [7, 11) is 3.69. The molecule has 0 aliphatic heterocycles. The molecule has 0 aromatic heterocycles. The highest BCUT2D eigenvalue weighted by molar-refractivity contribution is 5.27. The van der Waals surface area contributed by atoms with Gasteiger partial charge in [0.2, 0.25) is 0 Å². The standard InChI is InChI=1S/C15H23NO2/c1-12(2)16(4)13(3)10-14-6-8-15(9-7-14)18-11-17-5/h6-9,13H,1,10-11H2,2-5H3. The van der Waals surface area contributed by atoms with E-state index in [-0.39, 0.29) is 6.79 Å². The average molecular weight is 249 g/mol. The predicted octanol–water partition coefficient (Wildman–Crippen LogP) is 3.07. The van der Waals surface area contributed by atoms with Gasteiger partial charge in [-0.05, 0) is 38.0 Å². The lowest BCUT2D eigenvalue weighted by Crippen LogP contribution is -2.28. The Morgan fingerprint density at radius 2 is 1.94 bits per heavy atom. The van der Waals surface area contributed by atoms with Crippen LogP contribution in [-0.4, -0.2) is 31.9 Å². The summed E-state index contributed by atoms with van der Waals surface area (Å²) < 4.78 is 10.2. The van der Waals surface area contributed by atoms with Crippen LogP contribution in [-0.2, 0) is 11.2 Å². The Kier molecular flexibility index (Phi) is 5.72. The molecule has 0 aliphatic rings. The number of benzene rings is 1. The molecule has 0 aliphatic carbocycles. The second-order valence-electron chi connectivity index (χ2n) is 4.59. The molecular formula is C15H23NO2. The third-order valence-electron chi connectivity index (χ3n) is 3.06. The first-order chi connectivity index (χ1) is 8.54. The minimum Gasteiger partial charge on any atom is -0.468 e. The Morgan fingerprint density at radius 3 is 2.44 bits per heavy atom. The fraction of sp³-hybridized carbons (Fsp3) is 0.467. The van der Waals surface area contributed by atoms with Crippen LogP contribution >= 0.6 is 0 Å². The van der Waals surface area contributed by atoms with E-state index in [9.17, 15) is 0 Å². The van der Waals surface area contributed by atoms with E-state index < -0.39 is 0 Å². The van der Waals surface area contributed by atoms with E-state index in [2.05, 4.69) is 37.6 Å². The van der Waals surface area contributed by atoms with E-state index in [4.69, 9.17) is 9.47 Å². The van der Waals surface area contributed by atoms with Crippen molar-refractivity contribution in [2.45, 2.75) is 26.3 Å². The van der Waals surface area contributed by atoms with E-state index in [0.29, 0.717) is 6.04 Å². The Morgan fingerprint density at radius 1 is 1.33 bits per heavy atom. The normalized spacial score (nSPS) is 12.0. The van der Waals surface area contributed by atoms with Gasteiger partial charge in [0, 0.05) is 25.9 Å². The van der Waals surface area contributed by atoms with Crippen LogP contribution in [0.3, 0.4) is 0 Å². The van der Waals surface area contributed by atoms with Crippen molar-refractivity contribution in [1.82, 2.24) is 4.90 Å². The summed E-state index contributed by atoms with van der Waals surface area (Å²) in [6.07, 6.45) is 0.994. The topological polar surface area (TPSA) is 21.7 Å². The van der Waals surface area contributed by atoms with Crippen LogP contribution in [0, 0.1) is 0 Å². The molecule has 1 aromatic carbocycles. The first kappa shape index (κ1) is 14.6. The van der Waals surface area contributed by atoms with Gasteiger partial charge in [-0.3, -0.25) is 0 Å². The van der Waals surface area contributed by atoms with Gasteiger partial charge < -0.3 is 14.4 Å². The highest BCUT2D eigenvalue weighted by Crippen LogP contribution is 2.15. The van der Waals surface area contributed by atoms with Crippen LogP contribution in [0.5, 0.6) is 5.75 Å². The fourth-order valence-corrected chi connectivity index (χ4v) is 1.70. The Hall–Kier alpha value is -1.48. The molecule has 18 heavy (non-hydrogen) atoms. The molecule has 0 N–H and O–H groups in total. The maximum atomic E-state index is 5.35. The Labute approximate surface area is 110 Å². The quantitative estimate of drug-likeness (QED) is 0.693. The van der Waals surface area contributed by atoms with Gasteiger partial charge in [0.05, 0.1) is 0 Å². The first-order valence-electron chi connectivity index (χ1n) is 6.13. The largest absolute Gasteiger partial charge is 0.468 e. The van der Waals surface area contributed by atoms with E-state index in [0.717, 1.165) is 17.9 Å². The van der Waals surface area contributed by atoms with Crippen molar-refractivity contribution in [3.63, 3.8) is 0 Å². The molecule has 3 nitrogen and oxygen atoms in total. The van der Waals surface area contributed by atoms with E-state index in [1.165, 1.54) is 5.56 Å². The molecule has 0 spiro atoms. The van der Waals surface area contributed by atoms with Crippen molar-refractivity contribution in [2.75, 3.05) is 21.0 Å². The zero-order chi connectivity index (χ0) is 13.5. The van der Waals surface area contributed by atoms with Gasteiger partial charge in [-0.2, -0.15) is 0 Å². The zero-order valence-electron chi connectivity index (χ0n) is 11.8. The summed E-state index contributed by atoms with van der Waals surface area (Å²) in [5, 5.41) is 0. The van der Waals surface area contributed by atoms with Crippen LogP contribution in [0.25, 0.3) is 0 Å². The molecule has 1 aromatic rings. The monoisotopic (exact) mass is 249 g/mol. The molecule has 1 rings (SSSR count). The summed E-state index contributed by atoms with van der Waals surface area (Å²) in [5.74, 6) is 0.835. The third-order valence-corrected chi connectivity index (χ3v) is 3.06. The van der Waals surface area contributed by atoms with Crippen molar-refractivity contribution in [1.29, 1.82) is 0 Å². The van der Waals surface area contributed by atoms with Crippen molar-refractivity contribution in [3.8, 4) is 5.75 Å². The van der Waals surface area contributed by atoms with E-state index >= 15 is 0 Å². The van der Waals surface area contributed by atoms with Crippen molar-refractivity contribution in [3.05, 3.63) is 42.1 Å². The number of likely N-dealkylation sites (N-methyl/N-ethyl adjacent to an activating group) is 1.